The molecule has 0 aliphatic carbocycles. The lowest BCUT2D eigenvalue weighted by molar-refractivity contribution is -0.141. The fraction of sp³-hybridized carbons (Fsp3) is 0.278. The standard InChI is InChI=1S/C18H21NO5S/c1-14(18(20)21)12-19(2)25(22,23)17-10-8-16(9-11-17)24-13-15-6-4-3-5-7-15/h3-11,14H,12-13H2,1-2H3,(H,20,21). The van der Waals surface area contributed by atoms with Crippen molar-refractivity contribution in [1.29, 1.82) is 0 Å². The van der Waals surface area contributed by atoms with Gasteiger partial charge in [0.05, 0.1) is 10.8 Å². The van der Waals surface area contributed by atoms with E-state index in [2.05, 4.69) is 0 Å². The molecule has 0 spiro atoms. The van der Waals surface area contributed by atoms with Crippen LogP contribution in [0.3, 0.4) is 0 Å². The van der Waals surface area contributed by atoms with Crippen LogP contribution >= 0.6 is 0 Å². The van der Waals surface area contributed by atoms with E-state index in [1.54, 1.807) is 12.1 Å². The molecule has 1 unspecified atom stereocenters. The highest BCUT2D eigenvalue weighted by Gasteiger charge is 2.24. The molecule has 2 aromatic carbocycles. The van der Waals surface area contributed by atoms with Crippen LogP contribution in [-0.4, -0.2) is 37.4 Å². The number of carbonyl (C=O) groups is 1. The summed E-state index contributed by atoms with van der Waals surface area (Å²) in [7, 11) is -2.37. The number of rotatable bonds is 8. The first-order valence-electron chi connectivity index (χ1n) is 7.76. The van der Waals surface area contributed by atoms with E-state index >= 15 is 0 Å². The van der Waals surface area contributed by atoms with E-state index in [0.717, 1.165) is 9.87 Å². The molecule has 0 aliphatic heterocycles. The fourth-order valence-electron chi connectivity index (χ4n) is 2.19. The third-order valence-electron chi connectivity index (χ3n) is 3.73. The topological polar surface area (TPSA) is 83.9 Å². The van der Waals surface area contributed by atoms with Gasteiger partial charge in [0.2, 0.25) is 10.0 Å². The minimum absolute atomic E-state index is 0.0933. The molecule has 0 amide bonds. The van der Waals surface area contributed by atoms with Crippen molar-refractivity contribution < 1.29 is 23.1 Å². The smallest absolute Gasteiger partial charge is 0.307 e. The lowest BCUT2D eigenvalue weighted by Crippen LogP contribution is -2.33. The molecule has 0 saturated carbocycles. The second-order valence-electron chi connectivity index (χ2n) is 5.77. The van der Waals surface area contributed by atoms with Gasteiger partial charge in [-0.3, -0.25) is 4.79 Å². The maximum absolute atomic E-state index is 12.5. The lowest BCUT2D eigenvalue weighted by Gasteiger charge is -2.19. The zero-order chi connectivity index (χ0) is 18.4. The molecule has 7 heteroatoms. The summed E-state index contributed by atoms with van der Waals surface area (Å²) in [6, 6.07) is 15.7. The summed E-state index contributed by atoms with van der Waals surface area (Å²) in [5.41, 5.74) is 1.02. The highest BCUT2D eigenvalue weighted by atomic mass is 32.2. The summed E-state index contributed by atoms with van der Waals surface area (Å²) in [4.78, 5) is 11.0. The Morgan fingerprint density at radius 3 is 2.28 bits per heavy atom. The van der Waals surface area contributed by atoms with E-state index in [4.69, 9.17) is 9.84 Å². The minimum Gasteiger partial charge on any atom is -0.489 e. The van der Waals surface area contributed by atoms with Gasteiger partial charge in [0.1, 0.15) is 12.4 Å². The molecule has 134 valence electrons. The Morgan fingerprint density at radius 2 is 1.72 bits per heavy atom. The van der Waals surface area contributed by atoms with Gasteiger partial charge in [-0.25, -0.2) is 12.7 Å². The predicted octanol–water partition coefficient (Wildman–Crippen LogP) is 2.61. The second kappa shape index (κ2) is 8.13. The van der Waals surface area contributed by atoms with Crippen molar-refractivity contribution in [2.24, 2.45) is 5.92 Å². The Morgan fingerprint density at radius 1 is 1.12 bits per heavy atom. The van der Waals surface area contributed by atoms with E-state index < -0.39 is 21.9 Å². The van der Waals surface area contributed by atoms with Crippen molar-refractivity contribution in [2.75, 3.05) is 13.6 Å². The number of hydrogen-bond donors (Lipinski definition) is 1. The number of carboxylic acids is 1. The van der Waals surface area contributed by atoms with Crippen LogP contribution in [0.25, 0.3) is 0 Å². The van der Waals surface area contributed by atoms with Crippen LogP contribution in [0.4, 0.5) is 0 Å². The molecular weight excluding hydrogens is 342 g/mol. The number of hydrogen-bond acceptors (Lipinski definition) is 4. The van der Waals surface area contributed by atoms with E-state index in [1.165, 1.54) is 26.1 Å². The Hall–Kier alpha value is -2.38. The first kappa shape index (κ1) is 19.0. The molecule has 0 bridgehead atoms. The molecule has 1 N–H and O–H groups in total. The zero-order valence-electron chi connectivity index (χ0n) is 14.1. The van der Waals surface area contributed by atoms with E-state index in [9.17, 15) is 13.2 Å². The first-order valence-corrected chi connectivity index (χ1v) is 9.20. The van der Waals surface area contributed by atoms with Crippen LogP contribution in [0.2, 0.25) is 0 Å². The molecule has 0 radical (unpaired) electrons. The quantitative estimate of drug-likeness (QED) is 0.779. The van der Waals surface area contributed by atoms with Crippen LogP contribution in [0.1, 0.15) is 12.5 Å². The van der Waals surface area contributed by atoms with Crippen LogP contribution in [-0.2, 0) is 21.4 Å². The molecule has 0 heterocycles. The summed E-state index contributed by atoms with van der Waals surface area (Å²) < 4.78 is 31.6. The van der Waals surface area contributed by atoms with Gasteiger partial charge < -0.3 is 9.84 Å². The number of aliphatic carboxylic acids is 1. The summed E-state index contributed by atoms with van der Waals surface area (Å²) in [6.45, 7) is 1.77. The maximum atomic E-state index is 12.5. The Balaban J connectivity index is 2.03. The Kier molecular flexibility index (Phi) is 6.17. The highest BCUT2D eigenvalue weighted by molar-refractivity contribution is 7.89. The van der Waals surface area contributed by atoms with Crippen molar-refractivity contribution >= 4 is 16.0 Å². The Labute approximate surface area is 147 Å². The Bertz CT molecular complexity index is 803. The SMILES string of the molecule is CC(CN(C)S(=O)(=O)c1ccc(OCc2ccccc2)cc1)C(=O)O. The van der Waals surface area contributed by atoms with Gasteiger partial charge in [0.25, 0.3) is 0 Å². The summed E-state index contributed by atoms with van der Waals surface area (Å²) >= 11 is 0. The van der Waals surface area contributed by atoms with Crippen molar-refractivity contribution in [1.82, 2.24) is 4.31 Å². The number of benzene rings is 2. The van der Waals surface area contributed by atoms with Gasteiger partial charge in [0, 0.05) is 13.6 Å². The summed E-state index contributed by atoms with van der Waals surface area (Å²) in [5, 5.41) is 8.92. The average molecular weight is 363 g/mol. The first-order chi connectivity index (χ1) is 11.8. The zero-order valence-corrected chi connectivity index (χ0v) is 14.9. The predicted molar refractivity (Wildman–Crippen MR) is 93.8 cm³/mol. The monoisotopic (exact) mass is 363 g/mol. The molecule has 0 aromatic heterocycles. The van der Waals surface area contributed by atoms with Crippen LogP contribution < -0.4 is 4.74 Å². The normalized spacial score (nSPS) is 12.8. The molecule has 2 aromatic rings. The molecule has 25 heavy (non-hydrogen) atoms. The number of nitrogens with zero attached hydrogens (tertiary/aromatic N) is 1. The largest absolute Gasteiger partial charge is 0.489 e. The molecule has 0 fully saturated rings. The van der Waals surface area contributed by atoms with E-state index in [-0.39, 0.29) is 11.4 Å². The van der Waals surface area contributed by atoms with Crippen molar-refractivity contribution in [3.8, 4) is 5.75 Å². The third-order valence-corrected chi connectivity index (χ3v) is 5.57. The highest BCUT2D eigenvalue weighted by Crippen LogP contribution is 2.20. The average Bonchev–Trinajstić information content (AvgIpc) is 2.61. The number of carboxylic acid groups (broad SMARTS) is 1. The van der Waals surface area contributed by atoms with Crippen LogP contribution in [0.5, 0.6) is 5.75 Å². The van der Waals surface area contributed by atoms with Gasteiger partial charge in [0.15, 0.2) is 0 Å². The van der Waals surface area contributed by atoms with Crippen molar-refractivity contribution in [3.05, 3.63) is 60.2 Å². The third kappa shape index (κ3) is 5.04. The minimum atomic E-state index is -3.74. The number of ether oxygens (including phenoxy) is 1. The summed E-state index contributed by atoms with van der Waals surface area (Å²) in [6.07, 6.45) is 0. The fourth-order valence-corrected chi connectivity index (χ4v) is 3.45. The molecule has 0 aliphatic rings. The van der Waals surface area contributed by atoms with Crippen LogP contribution in [0, 0.1) is 5.92 Å². The number of sulfonamides is 1. The van der Waals surface area contributed by atoms with Crippen LogP contribution in [0.15, 0.2) is 59.5 Å². The van der Waals surface area contributed by atoms with Gasteiger partial charge in [-0.15, -0.1) is 0 Å². The van der Waals surface area contributed by atoms with Crippen molar-refractivity contribution in [3.63, 3.8) is 0 Å². The van der Waals surface area contributed by atoms with Crippen molar-refractivity contribution in [2.45, 2.75) is 18.4 Å². The van der Waals surface area contributed by atoms with E-state index in [1.807, 2.05) is 30.3 Å². The van der Waals surface area contributed by atoms with Gasteiger partial charge in [-0.05, 0) is 29.8 Å². The maximum Gasteiger partial charge on any atom is 0.307 e. The summed E-state index contributed by atoms with van der Waals surface area (Å²) in [5.74, 6) is -1.26. The van der Waals surface area contributed by atoms with Gasteiger partial charge >= 0.3 is 5.97 Å². The van der Waals surface area contributed by atoms with Gasteiger partial charge in [-0.1, -0.05) is 37.3 Å². The molecule has 0 saturated heterocycles. The molecule has 1 atom stereocenters. The van der Waals surface area contributed by atoms with Gasteiger partial charge in [-0.2, -0.15) is 0 Å². The molecule has 6 nitrogen and oxygen atoms in total. The molecule has 2 rings (SSSR count). The molecular formula is C18H21NO5S. The van der Waals surface area contributed by atoms with E-state index in [0.29, 0.717) is 12.4 Å². The lowest BCUT2D eigenvalue weighted by atomic mass is 10.2. The second-order valence-corrected chi connectivity index (χ2v) is 7.82.